The van der Waals surface area contributed by atoms with E-state index in [2.05, 4.69) is 0 Å². The summed E-state index contributed by atoms with van der Waals surface area (Å²) in [6.07, 6.45) is 1.74. The smallest absolute Gasteiger partial charge is 0.225 e. The van der Waals surface area contributed by atoms with Gasteiger partial charge in [-0.3, -0.25) is 4.79 Å². The molecular weight excluding hydrogens is 252 g/mol. The van der Waals surface area contributed by atoms with E-state index in [0.29, 0.717) is 19.7 Å². The number of nitrogens with zero attached hydrogens (tertiary/aromatic N) is 1. The fourth-order valence-electron chi connectivity index (χ4n) is 2.04. The standard InChI is InChI=1S/C16H26N2O2/c1-13-6-4-8-15(12-13)20-11-10-18(3)16(19)14(2)7-5-9-17/h4,6,8,12,14H,5,7,9-11,17H2,1-3H3. The number of hydrogen-bond donors (Lipinski definition) is 1. The Morgan fingerprint density at radius 2 is 2.20 bits per heavy atom. The number of nitrogens with two attached hydrogens (primary N) is 1. The van der Waals surface area contributed by atoms with Crippen molar-refractivity contribution in [3.63, 3.8) is 0 Å². The van der Waals surface area contributed by atoms with Crippen LogP contribution in [0.4, 0.5) is 0 Å². The first-order valence-electron chi connectivity index (χ1n) is 7.19. The maximum absolute atomic E-state index is 12.1. The van der Waals surface area contributed by atoms with Crippen molar-refractivity contribution in [1.29, 1.82) is 0 Å². The van der Waals surface area contributed by atoms with Crippen LogP contribution in [0.2, 0.25) is 0 Å². The summed E-state index contributed by atoms with van der Waals surface area (Å²) in [5.41, 5.74) is 6.63. The summed E-state index contributed by atoms with van der Waals surface area (Å²) in [7, 11) is 1.82. The number of ether oxygens (including phenoxy) is 1. The average molecular weight is 278 g/mol. The largest absolute Gasteiger partial charge is 0.492 e. The van der Waals surface area contributed by atoms with Gasteiger partial charge in [0.25, 0.3) is 0 Å². The first-order valence-corrected chi connectivity index (χ1v) is 7.19. The van der Waals surface area contributed by atoms with Crippen LogP contribution >= 0.6 is 0 Å². The van der Waals surface area contributed by atoms with Gasteiger partial charge >= 0.3 is 0 Å². The highest BCUT2D eigenvalue weighted by Gasteiger charge is 2.16. The van der Waals surface area contributed by atoms with Gasteiger partial charge in [-0.05, 0) is 44.0 Å². The van der Waals surface area contributed by atoms with Crippen molar-refractivity contribution in [3.8, 4) is 5.75 Å². The Bertz CT molecular complexity index is 421. The molecule has 0 aliphatic rings. The molecule has 0 aliphatic carbocycles. The Hall–Kier alpha value is -1.55. The number of carbonyl (C=O) groups is 1. The molecule has 20 heavy (non-hydrogen) atoms. The molecule has 1 unspecified atom stereocenters. The molecule has 1 amide bonds. The molecule has 0 saturated carbocycles. The lowest BCUT2D eigenvalue weighted by molar-refractivity contribution is -0.134. The molecule has 1 aromatic rings. The van der Waals surface area contributed by atoms with E-state index in [1.807, 2.05) is 45.2 Å². The minimum absolute atomic E-state index is 0.0301. The highest BCUT2D eigenvalue weighted by molar-refractivity contribution is 5.78. The van der Waals surface area contributed by atoms with Crippen molar-refractivity contribution in [2.45, 2.75) is 26.7 Å². The van der Waals surface area contributed by atoms with Gasteiger partial charge in [0.1, 0.15) is 12.4 Å². The highest BCUT2D eigenvalue weighted by atomic mass is 16.5. The minimum atomic E-state index is 0.0301. The SMILES string of the molecule is Cc1cccc(OCCN(C)C(=O)C(C)CCCN)c1. The van der Waals surface area contributed by atoms with Crippen LogP contribution in [-0.2, 0) is 4.79 Å². The molecule has 0 heterocycles. The van der Waals surface area contributed by atoms with Gasteiger partial charge in [0.05, 0.1) is 6.54 Å². The molecule has 4 heteroatoms. The van der Waals surface area contributed by atoms with Crippen molar-refractivity contribution in [2.75, 3.05) is 26.7 Å². The van der Waals surface area contributed by atoms with Gasteiger partial charge in [0, 0.05) is 13.0 Å². The summed E-state index contributed by atoms with van der Waals surface area (Å²) in [5.74, 6) is 1.04. The van der Waals surface area contributed by atoms with Gasteiger partial charge in [-0.1, -0.05) is 19.1 Å². The quantitative estimate of drug-likeness (QED) is 0.793. The second-order valence-corrected chi connectivity index (χ2v) is 5.26. The lowest BCUT2D eigenvalue weighted by atomic mass is 10.0. The first-order chi connectivity index (χ1) is 9.54. The third-order valence-corrected chi connectivity index (χ3v) is 3.32. The van der Waals surface area contributed by atoms with Crippen molar-refractivity contribution < 1.29 is 9.53 Å². The summed E-state index contributed by atoms with van der Waals surface area (Å²) >= 11 is 0. The average Bonchev–Trinajstić information content (AvgIpc) is 2.43. The topological polar surface area (TPSA) is 55.6 Å². The molecule has 1 rings (SSSR count). The number of carbonyl (C=O) groups excluding carboxylic acids is 1. The Balaban J connectivity index is 2.32. The molecule has 1 aromatic carbocycles. The lowest BCUT2D eigenvalue weighted by Gasteiger charge is -2.21. The van der Waals surface area contributed by atoms with Gasteiger partial charge < -0.3 is 15.4 Å². The maximum atomic E-state index is 12.1. The van der Waals surface area contributed by atoms with Crippen LogP contribution in [0.15, 0.2) is 24.3 Å². The first kappa shape index (κ1) is 16.5. The number of benzene rings is 1. The van der Waals surface area contributed by atoms with Crippen LogP contribution in [-0.4, -0.2) is 37.6 Å². The van der Waals surface area contributed by atoms with Crippen molar-refractivity contribution in [3.05, 3.63) is 29.8 Å². The summed E-state index contributed by atoms with van der Waals surface area (Å²) in [4.78, 5) is 13.8. The van der Waals surface area contributed by atoms with E-state index in [0.717, 1.165) is 18.6 Å². The van der Waals surface area contributed by atoms with Crippen LogP contribution in [0.5, 0.6) is 5.75 Å². The Labute approximate surface area is 121 Å². The molecule has 1 atom stereocenters. The van der Waals surface area contributed by atoms with Crippen LogP contribution < -0.4 is 10.5 Å². The number of likely N-dealkylation sites (N-methyl/N-ethyl adjacent to an activating group) is 1. The van der Waals surface area contributed by atoms with E-state index in [1.165, 1.54) is 5.56 Å². The zero-order chi connectivity index (χ0) is 15.0. The fraction of sp³-hybridized carbons (Fsp3) is 0.562. The molecule has 0 radical (unpaired) electrons. The maximum Gasteiger partial charge on any atom is 0.225 e. The molecule has 0 saturated heterocycles. The normalized spacial score (nSPS) is 12.0. The van der Waals surface area contributed by atoms with Crippen LogP contribution in [0, 0.1) is 12.8 Å². The third kappa shape index (κ3) is 5.61. The lowest BCUT2D eigenvalue weighted by Crippen LogP contribution is -2.35. The molecule has 0 bridgehead atoms. The van der Waals surface area contributed by atoms with E-state index in [1.54, 1.807) is 4.90 Å². The third-order valence-electron chi connectivity index (χ3n) is 3.32. The van der Waals surface area contributed by atoms with Crippen LogP contribution in [0.25, 0.3) is 0 Å². The van der Waals surface area contributed by atoms with Gasteiger partial charge in [-0.2, -0.15) is 0 Å². The predicted molar refractivity (Wildman–Crippen MR) is 81.8 cm³/mol. The van der Waals surface area contributed by atoms with Crippen molar-refractivity contribution in [1.82, 2.24) is 4.90 Å². The van der Waals surface area contributed by atoms with Gasteiger partial charge in [0.2, 0.25) is 5.91 Å². The van der Waals surface area contributed by atoms with Gasteiger partial charge in [-0.15, -0.1) is 0 Å². The van der Waals surface area contributed by atoms with E-state index in [9.17, 15) is 4.79 Å². The second kappa shape index (κ2) is 8.59. The van der Waals surface area contributed by atoms with Crippen LogP contribution in [0.3, 0.4) is 0 Å². The summed E-state index contributed by atoms with van der Waals surface area (Å²) in [6, 6.07) is 7.92. The van der Waals surface area contributed by atoms with Crippen molar-refractivity contribution in [2.24, 2.45) is 11.7 Å². The molecular formula is C16H26N2O2. The summed E-state index contributed by atoms with van der Waals surface area (Å²) < 4.78 is 5.65. The molecule has 0 aliphatic heterocycles. The number of amides is 1. The number of aryl methyl sites for hydroxylation is 1. The number of hydrogen-bond acceptors (Lipinski definition) is 3. The van der Waals surface area contributed by atoms with Gasteiger partial charge in [-0.25, -0.2) is 0 Å². The Kier molecular flexibility index (Phi) is 7.09. The van der Waals surface area contributed by atoms with E-state index < -0.39 is 0 Å². The molecule has 0 aromatic heterocycles. The summed E-state index contributed by atoms with van der Waals surface area (Å²) in [5, 5.41) is 0. The molecule has 2 N–H and O–H groups in total. The molecule has 112 valence electrons. The van der Waals surface area contributed by atoms with E-state index in [4.69, 9.17) is 10.5 Å². The molecule has 0 fully saturated rings. The van der Waals surface area contributed by atoms with Crippen molar-refractivity contribution >= 4 is 5.91 Å². The Morgan fingerprint density at radius 1 is 1.45 bits per heavy atom. The van der Waals surface area contributed by atoms with E-state index >= 15 is 0 Å². The highest BCUT2D eigenvalue weighted by Crippen LogP contribution is 2.12. The zero-order valence-electron chi connectivity index (χ0n) is 12.8. The fourth-order valence-corrected chi connectivity index (χ4v) is 2.04. The number of rotatable bonds is 8. The molecule has 4 nitrogen and oxygen atoms in total. The van der Waals surface area contributed by atoms with Crippen LogP contribution in [0.1, 0.15) is 25.3 Å². The Morgan fingerprint density at radius 3 is 2.85 bits per heavy atom. The van der Waals surface area contributed by atoms with Gasteiger partial charge in [0.15, 0.2) is 0 Å². The van der Waals surface area contributed by atoms with E-state index in [-0.39, 0.29) is 11.8 Å². The second-order valence-electron chi connectivity index (χ2n) is 5.26. The minimum Gasteiger partial charge on any atom is -0.492 e. The summed E-state index contributed by atoms with van der Waals surface area (Å²) in [6.45, 7) is 5.73. The molecule has 0 spiro atoms. The zero-order valence-corrected chi connectivity index (χ0v) is 12.8. The monoisotopic (exact) mass is 278 g/mol. The predicted octanol–water partition coefficient (Wildman–Crippen LogP) is 2.21.